The molecular weight excluding hydrogens is 815 g/mol. The van der Waals surface area contributed by atoms with Crippen LogP contribution in [-0.2, 0) is 49.4 Å². The first-order valence-corrected chi connectivity index (χ1v) is 32.4. The largest absolute Gasteiger partial charge is 0.486 e. The van der Waals surface area contributed by atoms with Gasteiger partial charge in [-0.2, -0.15) is 26.3 Å². The molecule has 52 heavy (non-hydrogen) atoms. The Kier molecular flexibility index (Phi) is 13.0. The molecular formula is C25H37N7O12Si8. The van der Waals surface area contributed by atoms with Crippen LogP contribution in [0.2, 0.25) is 48.4 Å². The zero-order chi connectivity index (χ0) is 37.5. The molecule has 0 aromatic heterocycles. The number of nitriles is 5. The Morgan fingerprint density at radius 2 is 0.596 bits per heavy atom. The van der Waals surface area contributed by atoms with Crippen molar-refractivity contribution in [1.82, 2.24) is 0 Å². The average Bonchev–Trinajstić information content (AvgIpc) is 3.08. The Morgan fingerprint density at radius 3 is 0.788 bits per heavy atom. The minimum atomic E-state index is -4.46. The molecule has 6 heterocycles. The van der Waals surface area contributed by atoms with E-state index in [1.165, 1.54) is 0 Å². The molecule has 8 atom stereocenters. The normalized spacial score (nSPS) is 39.7. The van der Waals surface area contributed by atoms with Crippen molar-refractivity contribution in [1.29, 1.82) is 26.3 Å². The van der Waals surface area contributed by atoms with E-state index in [0.717, 1.165) is 0 Å². The van der Waals surface area contributed by atoms with Gasteiger partial charge in [0.25, 0.3) is 0 Å². The summed E-state index contributed by atoms with van der Waals surface area (Å²) in [6.07, 6.45) is 0.478. The van der Waals surface area contributed by atoms with Gasteiger partial charge in [-0.1, -0.05) is 13.3 Å². The summed E-state index contributed by atoms with van der Waals surface area (Å²) in [5.41, 5.74) is 0. The summed E-state index contributed by atoms with van der Waals surface area (Å²) in [7, 11) is -35.3. The monoisotopic (exact) mass is 851 g/mol. The van der Waals surface area contributed by atoms with E-state index in [1.54, 1.807) is 0 Å². The van der Waals surface area contributed by atoms with Crippen molar-refractivity contribution in [3.63, 3.8) is 0 Å². The molecule has 19 nitrogen and oxygen atoms in total. The van der Waals surface area contributed by atoms with Gasteiger partial charge in [-0.05, 0) is 6.42 Å². The lowest BCUT2D eigenvalue weighted by Crippen LogP contribution is -2.88. The van der Waals surface area contributed by atoms with E-state index < -0.39 is 70.4 Å². The molecule has 0 radical (unpaired) electrons. The zero-order valence-corrected chi connectivity index (χ0v) is 36.6. The van der Waals surface area contributed by atoms with Crippen molar-refractivity contribution < 1.29 is 49.4 Å². The molecule has 27 heteroatoms. The predicted molar refractivity (Wildman–Crippen MR) is 187 cm³/mol. The first-order valence-electron chi connectivity index (χ1n) is 16.9. The third kappa shape index (κ3) is 8.64. The summed E-state index contributed by atoms with van der Waals surface area (Å²) >= 11 is 0. The van der Waals surface area contributed by atoms with Crippen LogP contribution in [0.15, 0.2) is 0 Å². The number of unbranched alkanes of at least 4 members (excludes halogenated alkanes) is 1. The van der Waals surface area contributed by atoms with E-state index in [9.17, 15) is 26.3 Å². The maximum atomic E-state index is 9.88. The maximum absolute atomic E-state index is 9.88. The van der Waals surface area contributed by atoms with E-state index in [4.69, 9.17) is 62.5 Å². The molecule has 0 aromatic carbocycles. The van der Waals surface area contributed by atoms with Crippen LogP contribution in [0.3, 0.4) is 0 Å². The quantitative estimate of drug-likeness (QED) is 0.149. The van der Waals surface area contributed by atoms with E-state index in [0.29, 0.717) is 12.8 Å². The summed E-state index contributed by atoms with van der Waals surface area (Å²) in [5.74, 6) is 0. The van der Waals surface area contributed by atoms with E-state index in [2.05, 4.69) is 40.0 Å². The molecule has 0 spiro atoms. The highest BCUT2D eigenvalue weighted by molar-refractivity contribution is 7.03. The molecule has 0 amide bonds. The fourth-order valence-electron chi connectivity index (χ4n) is 6.39. The third-order valence-electron chi connectivity index (χ3n) is 8.34. The maximum Gasteiger partial charge on any atom is 0.486 e. The van der Waals surface area contributed by atoms with Crippen molar-refractivity contribution in [3.8, 4) is 30.3 Å². The SMILES string of the molecule is [C-]#[N+]CC[Si]12O[Si]3(CCC#N)O[Si]4(CCC#N)O[Si]5(CCC#N)O[Si](CCC#N)(O3)O[Si](CC[N+]#[C-])(O[Si](CCCC)(O5)O[Si](CCC#N)(O4)O1)O2. The smallest absolute Gasteiger partial charge is 0.373 e. The van der Waals surface area contributed by atoms with Crippen LogP contribution in [0.25, 0.3) is 9.69 Å². The van der Waals surface area contributed by atoms with Crippen molar-refractivity contribution in [3.05, 3.63) is 22.8 Å². The molecule has 0 aromatic rings. The lowest BCUT2D eigenvalue weighted by Gasteiger charge is -2.63. The molecule has 8 unspecified atom stereocenters. The standard InChI is InChI=1S/C25H37N7O12Si8/c1-4-5-18-45-33-46(19-6-11-26)35-47(20-7-12-27)37-48(34-45,21-8-13-28)41-52(25-17-32-3)43-50(38-47,23-10-15-30)39-49(36-46,22-9-14-29)42-51(40-45,44-52)24-16-31-2/h4-10,16-25H2,1H3. The average molecular weight is 852 g/mol. The van der Waals surface area contributed by atoms with Gasteiger partial charge in [-0.25, -0.2) is 13.1 Å². The van der Waals surface area contributed by atoms with Crippen molar-refractivity contribution in [2.45, 2.75) is 100 Å². The fourth-order valence-corrected chi connectivity index (χ4v) is 55.6. The Labute approximate surface area is 311 Å². The number of nitrogens with zero attached hydrogens (tertiary/aromatic N) is 7. The molecule has 6 saturated heterocycles. The van der Waals surface area contributed by atoms with Crippen LogP contribution < -0.4 is 0 Å². The number of hydrogen-bond donors (Lipinski definition) is 0. The van der Waals surface area contributed by atoms with Crippen LogP contribution >= 0.6 is 0 Å². The van der Waals surface area contributed by atoms with Crippen LogP contribution in [0.4, 0.5) is 0 Å². The minimum Gasteiger partial charge on any atom is -0.373 e. The molecule has 6 fully saturated rings. The van der Waals surface area contributed by atoms with Crippen LogP contribution in [0.5, 0.6) is 0 Å². The zero-order valence-electron chi connectivity index (χ0n) is 28.6. The van der Waals surface area contributed by atoms with Gasteiger partial charge < -0.3 is 59.1 Å². The Balaban J connectivity index is 1.92. The predicted octanol–water partition coefficient (Wildman–Crippen LogP) is 3.97. The van der Waals surface area contributed by atoms with Crippen molar-refractivity contribution in [2.24, 2.45) is 0 Å². The second-order valence-corrected chi connectivity index (χ2v) is 37.1. The Hall–Kier alpha value is -2.31. The number of hydrogen-bond acceptors (Lipinski definition) is 17. The molecule has 6 aliphatic heterocycles. The van der Waals surface area contributed by atoms with Crippen molar-refractivity contribution >= 4 is 70.4 Å². The first kappa shape index (κ1) is 40.9. The van der Waals surface area contributed by atoms with Crippen LogP contribution in [0.1, 0.15) is 51.9 Å². The van der Waals surface area contributed by atoms with Crippen molar-refractivity contribution in [2.75, 3.05) is 13.1 Å². The molecule has 0 aliphatic carbocycles. The van der Waals surface area contributed by atoms with Gasteiger partial charge in [0, 0.05) is 68.4 Å². The van der Waals surface area contributed by atoms with Gasteiger partial charge in [0.1, 0.15) is 0 Å². The molecule has 6 aliphatic rings. The Morgan fingerprint density at radius 1 is 0.385 bits per heavy atom. The van der Waals surface area contributed by atoms with Gasteiger partial charge in [-0.3, -0.25) is 0 Å². The lowest BCUT2D eigenvalue weighted by molar-refractivity contribution is -0.0297. The first-order chi connectivity index (χ1) is 25.0. The van der Waals surface area contributed by atoms with Gasteiger partial charge in [0.05, 0.1) is 42.4 Å². The summed E-state index contributed by atoms with van der Waals surface area (Å²) in [4.78, 5) is 7.14. The lowest BCUT2D eigenvalue weighted by atomic mass is 10.4. The van der Waals surface area contributed by atoms with E-state index >= 15 is 0 Å². The second-order valence-electron chi connectivity index (χ2n) is 12.3. The highest BCUT2D eigenvalue weighted by atomic mass is 28.6. The molecule has 8 bridgehead atoms. The highest BCUT2D eigenvalue weighted by Gasteiger charge is 2.83. The summed E-state index contributed by atoms with van der Waals surface area (Å²) in [6.45, 7) is 17.1. The second kappa shape index (κ2) is 16.6. The molecule has 276 valence electrons. The van der Waals surface area contributed by atoms with Crippen LogP contribution in [-0.4, -0.2) is 83.5 Å². The van der Waals surface area contributed by atoms with Gasteiger partial charge in [-0.15, -0.1) is 0 Å². The third-order valence-corrected chi connectivity index (χ3v) is 45.1. The summed E-state index contributed by atoms with van der Waals surface area (Å²) in [5, 5.41) is 49.3. The fraction of sp³-hybridized carbons (Fsp3) is 0.720. The Bertz CT molecular complexity index is 1470. The van der Waals surface area contributed by atoms with E-state index in [1.807, 2.05) is 6.92 Å². The number of rotatable bonds is 17. The van der Waals surface area contributed by atoms with Gasteiger partial charge in [0.2, 0.25) is 13.1 Å². The van der Waals surface area contributed by atoms with Crippen LogP contribution in [0, 0.1) is 69.8 Å². The molecule has 0 N–H and O–H groups in total. The summed E-state index contributed by atoms with van der Waals surface area (Å²) < 4.78 is 85.0. The minimum absolute atomic E-state index is 0.118. The topological polar surface area (TPSA) is 238 Å². The van der Waals surface area contributed by atoms with E-state index in [-0.39, 0.29) is 93.5 Å². The van der Waals surface area contributed by atoms with Gasteiger partial charge >= 0.3 is 70.4 Å². The molecule has 0 saturated carbocycles. The van der Waals surface area contributed by atoms with Gasteiger partial charge in [0.15, 0.2) is 0 Å². The summed E-state index contributed by atoms with van der Waals surface area (Å²) in [6, 6.07) is 9.74. The molecule has 6 rings (SSSR count). The highest BCUT2D eigenvalue weighted by Crippen LogP contribution is 2.54.